The number of aliphatic hydroxyl groups excluding tert-OH is 1. The van der Waals surface area contributed by atoms with Crippen molar-refractivity contribution < 1.29 is 28.3 Å². The van der Waals surface area contributed by atoms with Crippen LogP contribution in [0.5, 0.6) is 0 Å². The van der Waals surface area contributed by atoms with Gasteiger partial charge in [-0.1, -0.05) is 72.8 Å². The fourth-order valence-corrected chi connectivity index (χ4v) is 4.31. The smallest absolute Gasteiger partial charge is 0.254 e. The van der Waals surface area contributed by atoms with Crippen LogP contribution < -0.4 is 16.0 Å². The first-order chi connectivity index (χ1) is 18.2. The first kappa shape index (κ1) is 26.7. The van der Waals surface area contributed by atoms with E-state index < -0.39 is 59.5 Å². The molecule has 0 radical (unpaired) electrons. The van der Waals surface area contributed by atoms with Gasteiger partial charge in [0.05, 0.1) is 6.04 Å². The van der Waals surface area contributed by atoms with E-state index in [1.54, 1.807) is 0 Å². The lowest BCUT2D eigenvalue weighted by molar-refractivity contribution is -0.135. The van der Waals surface area contributed by atoms with Crippen molar-refractivity contribution in [2.45, 2.75) is 37.1 Å². The summed E-state index contributed by atoms with van der Waals surface area (Å²) in [6, 6.07) is 18.3. The summed E-state index contributed by atoms with van der Waals surface area (Å²) in [5, 5.41) is 18.2. The van der Waals surface area contributed by atoms with E-state index >= 15 is 0 Å². The van der Waals surface area contributed by atoms with Gasteiger partial charge >= 0.3 is 0 Å². The van der Waals surface area contributed by atoms with Gasteiger partial charge in [0, 0.05) is 12.0 Å². The lowest BCUT2D eigenvalue weighted by atomic mass is 9.90. The number of hydrogen-bond donors (Lipinski definition) is 4. The Morgan fingerprint density at radius 1 is 0.868 bits per heavy atom. The van der Waals surface area contributed by atoms with Crippen LogP contribution in [0.4, 0.5) is 8.78 Å². The van der Waals surface area contributed by atoms with Crippen molar-refractivity contribution in [3.8, 4) is 0 Å². The van der Waals surface area contributed by atoms with Crippen molar-refractivity contribution in [2.24, 2.45) is 0 Å². The molecule has 196 valence electrons. The fraction of sp³-hybridized carbons (Fsp3) is 0.207. The topological polar surface area (TPSA) is 108 Å². The molecule has 0 spiro atoms. The number of carbonyl (C=O) groups excluding carboxylic acids is 3. The Morgan fingerprint density at radius 2 is 1.45 bits per heavy atom. The summed E-state index contributed by atoms with van der Waals surface area (Å²) < 4.78 is 27.0. The van der Waals surface area contributed by atoms with Crippen LogP contribution in [0, 0.1) is 11.6 Å². The summed E-state index contributed by atoms with van der Waals surface area (Å²) in [6.45, 7) is 1.38. The molecule has 0 aromatic heterocycles. The van der Waals surface area contributed by atoms with Gasteiger partial charge in [-0.3, -0.25) is 14.4 Å². The van der Waals surface area contributed by atoms with E-state index in [4.69, 9.17) is 0 Å². The minimum absolute atomic E-state index is 0.294. The molecular weight excluding hydrogens is 492 g/mol. The zero-order valence-electron chi connectivity index (χ0n) is 20.5. The predicted octanol–water partition coefficient (Wildman–Crippen LogP) is 3.20. The van der Waals surface area contributed by atoms with E-state index in [1.165, 1.54) is 6.92 Å². The van der Waals surface area contributed by atoms with Crippen molar-refractivity contribution in [3.05, 3.63) is 119 Å². The molecule has 0 aliphatic carbocycles. The first-order valence-corrected chi connectivity index (χ1v) is 12.1. The van der Waals surface area contributed by atoms with Gasteiger partial charge in [-0.2, -0.15) is 0 Å². The molecule has 0 bridgehead atoms. The highest BCUT2D eigenvalue weighted by Crippen LogP contribution is 2.28. The first-order valence-electron chi connectivity index (χ1n) is 12.1. The lowest BCUT2D eigenvalue weighted by Crippen LogP contribution is -2.54. The molecule has 4 rings (SSSR count). The zero-order chi connectivity index (χ0) is 27.2. The van der Waals surface area contributed by atoms with Gasteiger partial charge in [-0.25, -0.2) is 8.78 Å². The van der Waals surface area contributed by atoms with Crippen molar-refractivity contribution in [3.63, 3.8) is 0 Å². The van der Waals surface area contributed by atoms with Crippen LogP contribution in [0.15, 0.2) is 91.0 Å². The zero-order valence-corrected chi connectivity index (χ0v) is 20.5. The minimum Gasteiger partial charge on any atom is -0.378 e. The SMILES string of the molecule is C[C@H](NC(=O)[C@@H](O)c1cc(F)cc(F)c1)C(=O)N[C@@H]1C(=O)N[C@@H](c2ccccc2)C=C[C@@H]1c1ccccc1. The standard InChI is InChI=1S/C29H27F2N3O4/c1-17(32-29(38)26(35)20-14-21(30)16-22(31)15-20)27(36)34-25-23(18-8-4-2-5-9-18)12-13-24(33-28(25)37)19-10-6-3-7-11-19/h2-17,23-26,35H,1H3,(H,32,38)(H,33,37)(H,34,36)/t17-,23+,24+,25-,26-/m0/s1. The molecule has 1 heterocycles. The maximum Gasteiger partial charge on any atom is 0.254 e. The Kier molecular flexibility index (Phi) is 8.28. The molecule has 38 heavy (non-hydrogen) atoms. The van der Waals surface area contributed by atoms with Gasteiger partial charge < -0.3 is 21.1 Å². The molecule has 3 amide bonds. The number of nitrogens with one attached hydrogen (secondary N) is 3. The number of hydrogen-bond acceptors (Lipinski definition) is 4. The molecule has 0 saturated heterocycles. The van der Waals surface area contributed by atoms with Gasteiger partial charge in [-0.15, -0.1) is 0 Å². The number of benzene rings is 3. The van der Waals surface area contributed by atoms with Crippen molar-refractivity contribution >= 4 is 17.7 Å². The monoisotopic (exact) mass is 519 g/mol. The van der Waals surface area contributed by atoms with Crippen LogP contribution >= 0.6 is 0 Å². The molecule has 0 unspecified atom stereocenters. The molecule has 1 aliphatic rings. The number of amides is 3. The molecule has 0 saturated carbocycles. The predicted molar refractivity (Wildman–Crippen MR) is 137 cm³/mol. The summed E-state index contributed by atoms with van der Waals surface area (Å²) in [5.74, 6) is -4.52. The summed E-state index contributed by atoms with van der Waals surface area (Å²) in [6.07, 6.45) is 1.83. The largest absolute Gasteiger partial charge is 0.378 e. The quantitative estimate of drug-likeness (QED) is 0.360. The molecule has 1 aliphatic heterocycles. The van der Waals surface area contributed by atoms with E-state index in [9.17, 15) is 28.3 Å². The summed E-state index contributed by atoms with van der Waals surface area (Å²) in [5.41, 5.74) is 1.38. The van der Waals surface area contributed by atoms with Gasteiger partial charge in [-0.05, 0) is 35.7 Å². The second kappa shape index (κ2) is 11.8. The van der Waals surface area contributed by atoms with E-state index in [0.29, 0.717) is 6.07 Å². The molecule has 5 atom stereocenters. The molecular formula is C29H27F2N3O4. The van der Waals surface area contributed by atoms with Crippen LogP contribution in [0.3, 0.4) is 0 Å². The van der Waals surface area contributed by atoms with Gasteiger partial charge in [0.1, 0.15) is 23.7 Å². The van der Waals surface area contributed by atoms with Crippen LogP contribution in [0.1, 0.15) is 41.7 Å². The Bertz CT molecular complexity index is 1310. The van der Waals surface area contributed by atoms with Crippen molar-refractivity contribution in [2.75, 3.05) is 0 Å². The molecule has 4 N–H and O–H groups in total. The fourth-order valence-electron chi connectivity index (χ4n) is 4.31. The number of halogens is 2. The highest BCUT2D eigenvalue weighted by molar-refractivity contribution is 5.93. The van der Waals surface area contributed by atoms with Crippen LogP contribution in [-0.4, -0.2) is 34.9 Å². The third-order valence-electron chi connectivity index (χ3n) is 6.29. The summed E-state index contributed by atoms with van der Waals surface area (Å²) >= 11 is 0. The van der Waals surface area contributed by atoms with Crippen LogP contribution in [0.2, 0.25) is 0 Å². The highest BCUT2D eigenvalue weighted by Gasteiger charge is 2.34. The van der Waals surface area contributed by atoms with Crippen LogP contribution in [-0.2, 0) is 14.4 Å². The average molecular weight is 520 g/mol. The van der Waals surface area contributed by atoms with Crippen molar-refractivity contribution in [1.29, 1.82) is 0 Å². The normalized spacial score (nSPS) is 20.5. The Hall–Kier alpha value is -4.37. The number of aliphatic hydroxyl groups is 1. The molecule has 9 heteroatoms. The second-order valence-electron chi connectivity index (χ2n) is 9.04. The lowest BCUT2D eigenvalue weighted by Gasteiger charge is -2.26. The van der Waals surface area contributed by atoms with E-state index in [0.717, 1.165) is 23.3 Å². The average Bonchev–Trinajstić information content (AvgIpc) is 3.07. The highest BCUT2D eigenvalue weighted by atomic mass is 19.1. The molecule has 3 aromatic carbocycles. The molecule has 3 aromatic rings. The third-order valence-corrected chi connectivity index (χ3v) is 6.29. The maximum atomic E-state index is 13.5. The Morgan fingerprint density at radius 3 is 2.05 bits per heavy atom. The molecule has 7 nitrogen and oxygen atoms in total. The third kappa shape index (κ3) is 6.30. The van der Waals surface area contributed by atoms with E-state index in [1.807, 2.05) is 72.8 Å². The summed E-state index contributed by atoms with van der Waals surface area (Å²) in [4.78, 5) is 38.9. The number of rotatable bonds is 7. The Labute approximate surface area is 218 Å². The van der Waals surface area contributed by atoms with Crippen molar-refractivity contribution in [1.82, 2.24) is 16.0 Å². The van der Waals surface area contributed by atoms with Gasteiger partial charge in [0.15, 0.2) is 6.10 Å². The summed E-state index contributed by atoms with van der Waals surface area (Å²) in [7, 11) is 0. The Balaban J connectivity index is 1.50. The van der Waals surface area contributed by atoms with E-state index in [-0.39, 0.29) is 5.56 Å². The molecule has 0 fully saturated rings. The second-order valence-corrected chi connectivity index (χ2v) is 9.04. The van der Waals surface area contributed by atoms with Crippen LogP contribution in [0.25, 0.3) is 0 Å². The number of carbonyl (C=O) groups is 3. The van der Waals surface area contributed by atoms with E-state index in [2.05, 4.69) is 16.0 Å². The van der Waals surface area contributed by atoms with Gasteiger partial charge in [0.25, 0.3) is 5.91 Å². The minimum atomic E-state index is -1.90. The van der Waals surface area contributed by atoms with Gasteiger partial charge in [0.2, 0.25) is 11.8 Å². The maximum absolute atomic E-state index is 13.5.